The molecule has 1 heterocycles. The summed E-state index contributed by atoms with van der Waals surface area (Å²) in [7, 11) is 1.61. The van der Waals surface area contributed by atoms with Gasteiger partial charge in [0.05, 0.1) is 24.5 Å². The van der Waals surface area contributed by atoms with Crippen LogP contribution in [0, 0.1) is 4.91 Å². The number of hydrogen-bond donors (Lipinski definition) is 2. The van der Waals surface area contributed by atoms with E-state index < -0.39 is 0 Å². The highest BCUT2D eigenvalue weighted by Gasteiger charge is 2.28. The molecule has 0 radical (unpaired) electrons. The van der Waals surface area contributed by atoms with E-state index in [4.69, 9.17) is 16.3 Å². The standard InChI is InChI=1S/C21H27N5O2/c1-28-19-9-7-17(8-10-19)21(22)20(13-24-27)26(23)18-11-12-25(15-18)14-16-5-3-2-4-6-16/h2-10,18H,11-15,22-23H2,1H3/b21-20-/t18-/m1/s1. The summed E-state index contributed by atoms with van der Waals surface area (Å²) in [6.45, 7) is 2.56. The van der Waals surface area contributed by atoms with Crippen LogP contribution in [0.4, 0.5) is 0 Å². The molecule has 7 heteroatoms. The van der Waals surface area contributed by atoms with Crippen molar-refractivity contribution in [2.45, 2.75) is 19.0 Å². The number of methoxy groups -OCH3 is 1. The SMILES string of the molecule is COc1ccc(/C(N)=C(\CN=O)N(N)[C@@H]2CCN(Cc3ccccc3)C2)cc1. The zero-order valence-corrected chi connectivity index (χ0v) is 16.1. The lowest BCUT2D eigenvalue weighted by Crippen LogP contribution is -2.43. The van der Waals surface area contributed by atoms with Gasteiger partial charge in [0, 0.05) is 19.6 Å². The Balaban J connectivity index is 1.73. The first-order valence-electron chi connectivity index (χ1n) is 9.34. The number of hydrazine groups is 1. The molecule has 1 aliphatic rings. The summed E-state index contributed by atoms with van der Waals surface area (Å²) in [4.78, 5) is 13.4. The molecule has 0 amide bonds. The van der Waals surface area contributed by atoms with Crippen LogP contribution >= 0.6 is 0 Å². The minimum Gasteiger partial charge on any atom is -0.497 e. The Morgan fingerprint density at radius 2 is 1.93 bits per heavy atom. The molecule has 2 aromatic rings. The van der Waals surface area contributed by atoms with Gasteiger partial charge in [-0.25, -0.2) is 5.84 Å². The fraction of sp³-hybridized carbons (Fsp3) is 0.333. The average Bonchev–Trinajstić information content (AvgIpc) is 3.20. The normalized spacial score (nSPS) is 17.9. The third-order valence-corrected chi connectivity index (χ3v) is 5.13. The van der Waals surface area contributed by atoms with Crippen LogP contribution in [0.15, 0.2) is 65.5 Å². The van der Waals surface area contributed by atoms with E-state index in [9.17, 15) is 4.91 Å². The van der Waals surface area contributed by atoms with Crippen molar-refractivity contribution in [3.05, 3.63) is 76.3 Å². The van der Waals surface area contributed by atoms with Crippen LogP contribution in [0.3, 0.4) is 0 Å². The molecule has 1 atom stereocenters. The summed E-state index contributed by atoms with van der Waals surface area (Å²) >= 11 is 0. The molecule has 4 N–H and O–H groups in total. The second kappa shape index (κ2) is 9.34. The molecule has 3 rings (SSSR count). The molecular formula is C21H27N5O2. The maximum atomic E-state index is 11.0. The highest BCUT2D eigenvalue weighted by molar-refractivity contribution is 5.66. The topological polar surface area (TPSA) is 97.2 Å². The van der Waals surface area contributed by atoms with Gasteiger partial charge in [-0.1, -0.05) is 35.5 Å². The zero-order valence-electron chi connectivity index (χ0n) is 16.1. The van der Waals surface area contributed by atoms with Crippen LogP contribution in [0.5, 0.6) is 5.75 Å². The van der Waals surface area contributed by atoms with Crippen LogP contribution < -0.4 is 16.3 Å². The van der Waals surface area contributed by atoms with Crippen molar-refractivity contribution >= 4 is 5.70 Å². The fourth-order valence-corrected chi connectivity index (χ4v) is 3.55. The molecule has 148 valence electrons. The number of likely N-dealkylation sites (tertiary alicyclic amines) is 1. The smallest absolute Gasteiger partial charge is 0.124 e. The van der Waals surface area contributed by atoms with Crippen molar-refractivity contribution in [3.63, 3.8) is 0 Å². The van der Waals surface area contributed by atoms with Crippen molar-refractivity contribution in [3.8, 4) is 5.75 Å². The number of hydrogen-bond acceptors (Lipinski definition) is 7. The molecule has 28 heavy (non-hydrogen) atoms. The Morgan fingerprint density at radius 3 is 2.57 bits per heavy atom. The molecule has 0 spiro atoms. The van der Waals surface area contributed by atoms with E-state index in [1.54, 1.807) is 12.1 Å². The van der Waals surface area contributed by atoms with Gasteiger partial charge in [0.2, 0.25) is 0 Å². The first-order chi connectivity index (χ1) is 13.6. The summed E-state index contributed by atoms with van der Waals surface area (Å²) in [5, 5.41) is 4.68. The van der Waals surface area contributed by atoms with E-state index in [1.165, 1.54) is 5.56 Å². The molecule has 2 aromatic carbocycles. The predicted molar refractivity (Wildman–Crippen MR) is 111 cm³/mol. The van der Waals surface area contributed by atoms with E-state index in [-0.39, 0.29) is 12.6 Å². The molecule has 0 saturated carbocycles. The lowest BCUT2D eigenvalue weighted by molar-refractivity contribution is 0.240. The number of rotatable bonds is 8. The predicted octanol–water partition coefficient (Wildman–Crippen LogP) is 2.54. The zero-order chi connectivity index (χ0) is 19.9. The van der Waals surface area contributed by atoms with Crippen molar-refractivity contribution in [2.24, 2.45) is 16.8 Å². The lowest BCUT2D eigenvalue weighted by Gasteiger charge is -2.29. The van der Waals surface area contributed by atoms with Gasteiger partial charge in [-0.05, 0) is 41.8 Å². The molecule has 0 bridgehead atoms. The summed E-state index contributed by atoms with van der Waals surface area (Å²) in [6.07, 6.45) is 0.904. The van der Waals surface area contributed by atoms with E-state index in [0.29, 0.717) is 11.4 Å². The summed E-state index contributed by atoms with van der Waals surface area (Å²) in [6, 6.07) is 17.8. The first-order valence-corrected chi connectivity index (χ1v) is 9.34. The van der Waals surface area contributed by atoms with E-state index in [2.05, 4.69) is 22.2 Å². The molecule has 0 unspecified atom stereocenters. The summed E-state index contributed by atoms with van der Waals surface area (Å²) < 4.78 is 5.18. The second-order valence-electron chi connectivity index (χ2n) is 6.95. The summed E-state index contributed by atoms with van der Waals surface area (Å²) in [5.41, 5.74) is 9.42. The maximum absolute atomic E-state index is 11.0. The van der Waals surface area contributed by atoms with Gasteiger partial charge in [0.25, 0.3) is 0 Å². The number of benzene rings is 2. The molecule has 0 aromatic heterocycles. The quantitative estimate of drug-likeness (QED) is 0.414. The number of nitroso groups, excluding NO2 is 1. The van der Waals surface area contributed by atoms with Crippen LogP contribution in [-0.2, 0) is 6.54 Å². The van der Waals surface area contributed by atoms with Gasteiger partial charge >= 0.3 is 0 Å². The van der Waals surface area contributed by atoms with Crippen molar-refractivity contribution in [1.82, 2.24) is 9.91 Å². The molecule has 1 saturated heterocycles. The Hall–Kier alpha value is -2.90. The van der Waals surface area contributed by atoms with E-state index in [1.807, 2.05) is 42.5 Å². The maximum Gasteiger partial charge on any atom is 0.124 e. The van der Waals surface area contributed by atoms with E-state index >= 15 is 0 Å². The third kappa shape index (κ3) is 4.68. The van der Waals surface area contributed by atoms with Crippen LogP contribution in [0.25, 0.3) is 5.70 Å². The molecule has 0 aliphatic carbocycles. The van der Waals surface area contributed by atoms with Gasteiger partial charge in [-0.2, -0.15) is 4.91 Å². The summed E-state index contributed by atoms with van der Waals surface area (Å²) in [5.74, 6) is 7.14. The highest BCUT2D eigenvalue weighted by atomic mass is 16.5. The van der Waals surface area contributed by atoms with Crippen molar-refractivity contribution in [1.29, 1.82) is 0 Å². The molecule has 1 aliphatic heterocycles. The Labute approximate surface area is 165 Å². The molecule has 1 fully saturated rings. The monoisotopic (exact) mass is 381 g/mol. The largest absolute Gasteiger partial charge is 0.497 e. The first kappa shape index (κ1) is 19.9. The number of nitrogens with two attached hydrogens (primary N) is 2. The fourth-order valence-electron chi connectivity index (χ4n) is 3.55. The van der Waals surface area contributed by atoms with Crippen LogP contribution in [0.1, 0.15) is 17.5 Å². The second-order valence-corrected chi connectivity index (χ2v) is 6.95. The minimum atomic E-state index is -0.0659. The van der Waals surface area contributed by atoms with Crippen LogP contribution in [-0.4, -0.2) is 42.7 Å². The van der Waals surface area contributed by atoms with Crippen molar-refractivity contribution in [2.75, 3.05) is 26.7 Å². The Bertz CT molecular complexity index is 807. The molecular weight excluding hydrogens is 354 g/mol. The lowest BCUT2D eigenvalue weighted by atomic mass is 10.1. The van der Waals surface area contributed by atoms with Crippen molar-refractivity contribution < 1.29 is 4.74 Å². The highest BCUT2D eigenvalue weighted by Crippen LogP contribution is 2.24. The van der Waals surface area contributed by atoms with Gasteiger partial charge in [0.15, 0.2) is 0 Å². The third-order valence-electron chi connectivity index (χ3n) is 5.13. The van der Waals surface area contributed by atoms with Gasteiger partial charge in [-0.15, -0.1) is 0 Å². The number of nitrogens with zero attached hydrogens (tertiary/aromatic N) is 3. The Kier molecular flexibility index (Phi) is 6.62. The minimum absolute atomic E-state index is 0.0659. The molecule has 7 nitrogen and oxygen atoms in total. The van der Waals surface area contributed by atoms with Gasteiger partial charge < -0.3 is 15.5 Å². The average molecular weight is 381 g/mol. The number of ether oxygens (including phenoxy) is 1. The van der Waals surface area contributed by atoms with Gasteiger partial charge in [-0.3, -0.25) is 4.90 Å². The van der Waals surface area contributed by atoms with Crippen LogP contribution in [0.2, 0.25) is 0 Å². The Morgan fingerprint density at radius 1 is 1.21 bits per heavy atom. The van der Waals surface area contributed by atoms with E-state index in [0.717, 1.165) is 37.4 Å². The van der Waals surface area contributed by atoms with Gasteiger partial charge in [0.1, 0.15) is 12.3 Å².